The van der Waals surface area contributed by atoms with Gasteiger partial charge >= 0.3 is 0 Å². The van der Waals surface area contributed by atoms with Crippen LogP contribution >= 0.6 is 0 Å². The number of methoxy groups -OCH3 is 1. The summed E-state index contributed by atoms with van der Waals surface area (Å²) in [7, 11) is 1.68. The van der Waals surface area contributed by atoms with E-state index in [0.717, 1.165) is 51.2 Å². The maximum absolute atomic E-state index is 13.0. The molecule has 3 rings (SSSR count). The van der Waals surface area contributed by atoms with Crippen LogP contribution in [-0.4, -0.2) is 68.1 Å². The van der Waals surface area contributed by atoms with Crippen molar-refractivity contribution < 1.29 is 9.53 Å². The van der Waals surface area contributed by atoms with Crippen molar-refractivity contribution in [1.82, 2.24) is 15.1 Å². The smallest absolute Gasteiger partial charge is 0.223 e. The second kappa shape index (κ2) is 9.93. The summed E-state index contributed by atoms with van der Waals surface area (Å²) >= 11 is 0. The molecule has 1 unspecified atom stereocenters. The Morgan fingerprint density at radius 3 is 2.88 bits per heavy atom. The number of hydrogen-bond donors (Lipinski definition) is 1. The van der Waals surface area contributed by atoms with Gasteiger partial charge in [-0.2, -0.15) is 0 Å². The summed E-state index contributed by atoms with van der Waals surface area (Å²) in [6, 6.07) is 8.40. The van der Waals surface area contributed by atoms with Gasteiger partial charge in [-0.1, -0.05) is 12.1 Å². The minimum absolute atomic E-state index is 0.292. The molecule has 1 amide bonds. The first-order valence-electron chi connectivity index (χ1n) is 10.1. The zero-order chi connectivity index (χ0) is 18.2. The molecule has 0 aliphatic carbocycles. The van der Waals surface area contributed by atoms with Gasteiger partial charge < -0.3 is 19.9 Å². The Balaban J connectivity index is 1.57. The Bertz CT molecular complexity index is 566. The van der Waals surface area contributed by atoms with Crippen LogP contribution in [-0.2, 0) is 11.2 Å². The molecule has 0 radical (unpaired) electrons. The van der Waals surface area contributed by atoms with E-state index in [4.69, 9.17) is 4.74 Å². The van der Waals surface area contributed by atoms with Crippen molar-refractivity contribution >= 4 is 5.91 Å². The molecule has 0 saturated carbocycles. The molecule has 1 atom stereocenters. The first kappa shape index (κ1) is 19.2. The lowest BCUT2D eigenvalue weighted by Crippen LogP contribution is -2.50. The van der Waals surface area contributed by atoms with Crippen LogP contribution in [0.3, 0.4) is 0 Å². The predicted octanol–water partition coefficient (Wildman–Crippen LogP) is 2.30. The Kier molecular flexibility index (Phi) is 7.32. The molecule has 2 aliphatic heterocycles. The number of piperidine rings is 1. The third kappa shape index (κ3) is 5.45. The van der Waals surface area contributed by atoms with Crippen LogP contribution in [0.15, 0.2) is 24.3 Å². The third-order valence-electron chi connectivity index (χ3n) is 5.65. The van der Waals surface area contributed by atoms with Crippen LogP contribution in [0.4, 0.5) is 0 Å². The van der Waals surface area contributed by atoms with Crippen molar-refractivity contribution in [2.24, 2.45) is 0 Å². The highest BCUT2D eigenvalue weighted by Gasteiger charge is 2.25. The highest BCUT2D eigenvalue weighted by molar-refractivity contribution is 5.77. The first-order chi connectivity index (χ1) is 12.8. The number of carbonyl (C=O) groups excluding carboxylic acids is 1. The van der Waals surface area contributed by atoms with Gasteiger partial charge in [0, 0.05) is 32.1 Å². The van der Waals surface area contributed by atoms with Gasteiger partial charge in [-0.25, -0.2) is 0 Å². The van der Waals surface area contributed by atoms with Gasteiger partial charge in [-0.05, 0) is 69.4 Å². The van der Waals surface area contributed by atoms with Crippen LogP contribution in [0, 0.1) is 0 Å². The van der Waals surface area contributed by atoms with Crippen molar-refractivity contribution in [3.8, 4) is 5.75 Å². The molecular formula is C21H33N3O2. The normalized spacial score (nSPS) is 20.9. The molecule has 2 heterocycles. The van der Waals surface area contributed by atoms with Gasteiger partial charge in [0.1, 0.15) is 5.75 Å². The third-order valence-corrected chi connectivity index (χ3v) is 5.65. The molecule has 5 nitrogen and oxygen atoms in total. The Morgan fingerprint density at radius 1 is 1.31 bits per heavy atom. The van der Waals surface area contributed by atoms with E-state index in [1.807, 2.05) is 18.2 Å². The van der Waals surface area contributed by atoms with Crippen LogP contribution in [0.25, 0.3) is 0 Å². The monoisotopic (exact) mass is 359 g/mol. The lowest BCUT2D eigenvalue weighted by atomic mass is 10.0. The number of nitrogens with zero attached hydrogens (tertiary/aromatic N) is 2. The molecule has 1 N–H and O–H groups in total. The molecule has 0 bridgehead atoms. The summed E-state index contributed by atoms with van der Waals surface area (Å²) < 4.78 is 5.29. The van der Waals surface area contributed by atoms with E-state index in [1.165, 1.54) is 31.5 Å². The largest absolute Gasteiger partial charge is 0.497 e. The minimum Gasteiger partial charge on any atom is -0.497 e. The van der Waals surface area contributed by atoms with Gasteiger partial charge in [-0.15, -0.1) is 0 Å². The van der Waals surface area contributed by atoms with E-state index in [2.05, 4.69) is 21.2 Å². The molecule has 144 valence electrons. The summed E-state index contributed by atoms with van der Waals surface area (Å²) in [6.45, 7) is 6.27. The number of ether oxygens (including phenoxy) is 1. The van der Waals surface area contributed by atoms with Crippen molar-refractivity contribution in [2.45, 2.75) is 44.6 Å². The summed E-state index contributed by atoms with van der Waals surface area (Å²) in [5.74, 6) is 1.15. The fraction of sp³-hybridized carbons (Fsp3) is 0.667. The maximum atomic E-state index is 13.0. The Hall–Kier alpha value is -1.59. The molecule has 26 heavy (non-hydrogen) atoms. The summed E-state index contributed by atoms with van der Waals surface area (Å²) in [6.07, 6.45) is 6.23. The Labute approximate surface area is 157 Å². The van der Waals surface area contributed by atoms with E-state index in [1.54, 1.807) is 7.11 Å². The van der Waals surface area contributed by atoms with Crippen LogP contribution < -0.4 is 10.1 Å². The van der Waals surface area contributed by atoms with Gasteiger partial charge in [0.25, 0.3) is 0 Å². The number of benzene rings is 1. The quantitative estimate of drug-likeness (QED) is 0.774. The van der Waals surface area contributed by atoms with Crippen molar-refractivity contribution in [1.29, 1.82) is 0 Å². The van der Waals surface area contributed by atoms with Gasteiger partial charge in [0.15, 0.2) is 0 Å². The minimum atomic E-state index is 0.292. The maximum Gasteiger partial charge on any atom is 0.223 e. The fourth-order valence-corrected chi connectivity index (χ4v) is 4.09. The average molecular weight is 360 g/mol. The summed E-state index contributed by atoms with van der Waals surface area (Å²) in [4.78, 5) is 17.7. The number of likely N-dealkylation sites (tertiary alicyclic amines) is 1. The number of hydrogen-bond acceptors (Lipinski definition) is 4. The summed E-state index contributed by atoms with van der Waals surface area (Å²) in [5, 5.41) is 3.46. The summed E-state index contributed by atoms with van der Waals surface area (Å²) in [5.41, 5.74) is 1.17. The van der Waals surface area contributed by atoms with E-state index in [-0.39, 0.29) is 0 Å². The number of carbonyl (C=O) groups is 1. The fourth-order valence-electron chi connectivity index (χ4n) is 4.09. The van der Waals surface area contributed by atoms with Gasteiger partial charge in [0.05, 0.1) is 7.11 Å². The molecule has 0 aromatic heterocycles. The zero-order valence-electron chi connectivity index (χ0n) is 16.1. The van der Waals surface area contributed by atoms with Crippen molar-refractivity contribution in [3.05, 3.63) is 29.8 Å². The molecule has 2 fully saturated rings. The molecule has 5 heteroatoms. The van der Waals surface area contributed by atoms with E-state index >= 15 is 0 Å². The van der Waals surface area contributed by atoms with E-state index in [0.29, 0.717) is 18.4 Å². The Morgan fingerprint density at radius 2 is 2.15 bits per heavy atom. The predicted molar refractivity (Wildman–Crippen MR) is 105 cm³/mol. The molecular weight excluding hydrogens is 326 g/mol. The SMILES string of the molecule is COc1cccc(CCC(=O)N(CCN2CCCC2)C2CCCNC2)c1. The number of rotatable bonds is 8. The van der Waals surface area contributed by atoms with Crippen molar-refractivity contribution in [2.75, 3.05) is 46.4 Å². The molecule has 2 aliphatic rings. The van der Waals surface area contributed by atoms with Gasteiger partial charge in [0.2, 0.25) is 5.91 Å². The van der Waals surface area contributed by atoms with E-state index in [9.17, 15) is 4.79 Å². The number of aryl methyl sites for hydroxylation is 1. The lowest BCUT2D eigenvalue weighted by Gasteiger charge is -2.36. The van der Waals surface area contributed by atoms with E-state index < -0.39 is 0 Å². The van der Waals surface area contributed by atoms with Crippen LogP contribution in [0.5, 0.6) is 5.75 Å². The topological polar surface area (TPSA) is 44.8 Å². The highest BCUT2D eigenvalue weighted by Crippen LogP contribution is 2.17. The van der Waals surface area contributed by atoms with Crippen LogP contribution in [0.1, 0.15) is 37.7 Å². The molecule has 1 aromatic carbocycles. The number of amides is 1. The van der Waals surface area contributed by atoms with Gasteiger partial charge in [-0.3, -0.25) is 4.79 Å². The number of nitrogens with one attached hydrogen (secondary N) is 1. The molecule has 1 aromatic rings. The lowest BCUT2D eigenvalue weighted by molar-refractivity contribution is -0.134. The van der Waals surface area contributed by atoms with Crippen LogP contribution in [0.2, 0.25) is 0 Å². The zero-order valence-corrected chi connectivity index (χ0v) is 16.1. The molecule has 0 spiro atoms. The second-order valence-corrected chi connectivity index (χ2v) is 7.49. The first-order valence-corrected chi connectivity index (χ1v) is 10.1. The highest BCUT2D eigenvalue weighted by atomic mass is 16.5. The van der Waals surface area contributed by atoms with Crippen molar-refractivity contribution in [3.63, 3.8) is 0 Å². The average Bonchev–Trinajstić information content (AvgIpc) is 3.21. The molecule has 2 saturated heterocycles. The second-order valence-electron chi connectivity index (χ2n) is 7.49. The standard InChI is InChI=1S/C21H33N3O2/c1-26-20-8-4-6-18(16-20)9-10-21(25)24(19-7-5-11-22-17-19)15-14-23-12-2-3-13-23/h4,6,8,16,19,22H,2-3,5,7,9-15,17H2,1H3.